The van der Waals surface area contributed by atoms with Crippen molar-refractivity contribution >= 4 is 5.97 Å². The van der Waals surface area contributed by atoms with E-state index in [-0.39, 0.29) is 47.9 Å². The Balaban J connectivity index is 1.03. The third-order valence-corrected chi connectivity index (χ3v) is 8.78. The van der Waals surface area contributed by atoms with Crippen LogP contribution in [0.25, 0.3) is 0 Å². The molecule has 1 unspecified atom stereocenters. The van der Waals surface area contributed by atoms with Gasteiger partial charge in [0.05, 0.1) is 11.1 Å². The van der Waals surface area contributed by atoms with Crippen molar-refractivity contribution < 1.29 is 45.7 Å². The molecule has 2 N–H and O–H groups in total. The maximum atomic E-state index is 13.5. The van der Waals surface area contributed by atoms with Gasteiger partial charge in [-0.3, -0.25) is 4.90 Å². The molecule has 0 bridgehead atoms. The Morgan fingerprint density at radius 1 is 0.872 bits per heavy atom. The number of ether oxygens (including phenoxy) is 2. The highest BCUT2D eigenvalue weighted by Gasteiger charge is 2.55. The fourth-order valence-electron chi connectivity index (χ4n) is 6.15. The number of hydrogen-bond acceptors (Lipinski definition) is 5. The highest BCUT2D eigenvalue weighted by molar-refractivity contribution is 5.73. The molecule has 12 heteroatoms. The highest BCUT2D eigenvalue weighted by Crippen LogP contribution is 2.46. The van der Waals surface area contributed by atoms with Crippen LogP contribution in [0.5, 0.6) is 11.5 Å². The molecule has 0 radical (unpaired) electrons. The van der Waals surface area contributed by atoms with Crippen molar-refractivity contribution in [1.82, 2.24) is 10.2 Å². The van der Waals surface area contributed by atoms with Gasteiger partial charge in [-0.2, -0.15) is 26.3 Å². The van der Waals surface area contributed by atoms with Crippen LogP contribution in [0.15, 0.2) is 66.7 Å². The summed E-state index contributed by atoms with van der Waals surface area (Å²) in [6, 6.07) is 16.6. The number of halogens is 6. The molecule has 0 amide bonds. The number of likely N-dealkylation sites (tertiary alicyclic amines) is 1. The maximum Gasteiger partial charge on any atom is 0.416 e. The summed E-state index contributed by atoms with van der Waals surface area (Å²) >= 11 is 0. The van der Waals surface area contributed by atoms with E-state index in [1.807, 2.05) is 17.0 Å². The molecule has 3 aromatic rings. The standard InChI is InChI=1S/C35H38F6N2O4/c1-33(2,3)23-8-12-26(13-9-23)47-30(32(44)45)16-21-4-10-25(11-5-21)46-15-14-42-31-27-19-43(20-28(27)31)18-22-6-7-24(34(36,37)38)17-29(22)35(39,40)41/h4-13,17,27-28,30-31,42H,14-16,18-20H2,1-3H3,(H,44,45)/t27-,28?,30+,31+/m1/s1. The topological polar surface area (TPSA) is 71.0 Å². The van der Waals surface area contributed by atoms with Crippen LogP contribution in [0, 0.1) is 11.8 Å². The van der Waals surface area contributed by atoms with Crippen LogP contribution in [-0.4, -0.2) is 54.4 Å². The van der Waals surface area contributed by atoms with Gasteiger partial charge in [0.1, 0.15) is 18.1 Å². The van der Waals surface area contributed by atoms with E-state index in [9.17, 15) is 36.2 Å². The third-order valence-electron chi connectivity index (χ3n) is 8.78. The Kier molecular flexibility index (Phi) is 9.84. The van der Waals surface area contributed by atoms with Crippen LogP contribution in [0.4, 0.5) is 26.3 Å². The zero-order chi connectivity index (χ0) is 34.1. The molecule has 2 aliphatic rings. The lowest BCUT2D eigenvalue weighted by Crippen LogP contribution is -2.33. The van der Waals surface area contributed by atoms with E-state index >= 15 is 0 Å². The lowest BCUT2D eigenvalue weighted by atomic mass is 9.87. The molecular formula is C35H38F6N2O4. The number of benzene rings is 3. The highest BCUT2D eigenvalue weighted by atomic mass is 19.4. The van der Waals surface area contributed by atoms with Gasteiger partial charge in [0.2, 0.25) is 0 Å². The van der Waals surface area contributed by atoms with Gasteiger partial charge < -0.3 is 19.9 Å². The number of nitrogens with one attached hydrogen (secondary N) is 1. The summed E-state index contributed by atoms with van der Waals surface area (Å²) in [4.78, 5) is 13.7. The molecule has 2 fully saturated rings. The van der Waals surface area contributed by atoms with Crippen LogP contribution >= 0.6 is 0 Å². The number of carbonyl (C=O) groups is 1. The van der Waals surface area contributed by atoms with Gasteiger partial charge in [0, 0.05) is 38.6 Å². The molecule has 6 nitrogen and oxygen atoms in total. The average Bonchev–Trinajstić information content (AvgIpc) is 3.43. The van der Waals surface area contributed by atoms with Crippen LogP contribution in [0.3, 0.4) is 0 Å². The van der Waals surface area contributed by atoms with Crippen molar-refractivity contribution in [2.24, 2.45) is 11.8 Å². The largest absolute Gasteiger partial charge is 0.492 e. The summed E-state index contributed by atoms with van der Waals surface area (Å²) in [6.45, 7) is 8.29. The van der Waals surface area contributed by atoms with Gasteiger partial charge in [0.15, 0.2) is 6.10 Å². The number of carboxylic acid groups (broad SMARTS) is 1. The summed E-state index contributed by atoms with van der Waals surface area (Å²) in [5.41, 5.74) is -0.839. The van der Waals surface area contributed by atoms with Gasteiger partial charge in [-0.05, 0) is 70.3 Å². The number of hydrogen-bond donors (Lipinski definition) is 2. The summed E-state index contributed by atoms with van der Waals surface area (Å²) < 4.78 is 91.0. The quantitative estimate of drug-likeness (QED) is 0.158. The lowest BCUT2D eigenvalue weighted by molar-refractivity contribution is -0.145. The van der Waals surface area contributed by atoms with E-state index < -0.39 is 35.6 Å². The fourth-order valence-corrected chi connectivity index (χ4v) is 6.15. The minimum Gasteiger partial charge on any atom is -0.492 e. The van der Waals surface area contributed by atoms with E-state index in [2.05, 4.69) is 26.1 Å². The Morgan fingerprint density at radius 3 is 2.02 bits per heavy atom. The number of alkyl halides is 6. The second-order valence-corrected chi connectivity index (χ2v) is 13.3. The van der Waals surface area contributed by atoms with E-state index in [1.165, 1.54) is 0 Å². The second-order valence-electron chi connectivity index (χ2n) is 13.3. The van der Waals surface area contributed by atoms with Crippen molar-refractivity contribution in [2.45, 2.75) is 63.7 Å². The minimum absolute atomic E-state index is 0.0252. The molecule has 254 valence electrons. The maximum absolute atomic E-state index is 13.5. The van der Waals surface area contributed by atoms with Crippen molar-refractivity contribution in [2.75, 3.05) is 26.2 Å². The van der Waals surface area contributed by atoms with Crippen molar-refractivity contribution in [3.8, 4) is 11.5 Å². The predicted molar refractivity (Wildman–Crippen MR) is 163 cm³/mol. The third kappa shape index (κ3) is 8.78. The smallest absolute Gasteiger partial charge is 0.416 e. The summed E-state index contributed by atoms with van der Waals surface area (Å²) in [5.74, 6) is 0.577. The summed E-state index contributed by atoms with van der Waals surface area (Å²) in [5, 5.41) is 13.1. The molecule has 47 heavy (non-hydrogen) atoms. The number of fused-ring (bicyclic) bond motifs is 1. The van der Waals surface area contributed by atoms with Gasteiger partial charge >= 0.3 is 18.3 Å². The number of nitrogens with zero attached hydrogens (tertiary/aromatic N) is 1. The molecule has 4 atom stereocenters. The second kappa shape index (κ2) is 13.4. The number of piperidine rings is 1. The number of aliphatic carboxylic acids is 1. The molecule has 1 saturated heterocycles. The molecule has 1 heterocycles. The number of rotatable bonds is 12. The first-order chi connectivity index (χ1) is 22.0. The Labute approximate surface area is 269 Å². The van der Waals surface area contributed by atoms with Crippen molar-refractivity contribution in [3.63, 3.8) is 0 Å². The van der Waals surface area contributed by atoms with E-state index in [0.29, 0.717) is 43.8 Å². The first-order valence-electron chi connectivity index (χ1n) is 15.4. The zero-order valence-corrected chi connectivity index (χ0v) is 26.3. The molecule has 0 spiro atoms. The predicted octanol–water partition coefficient (Wildman–Crippen LogP) is 7.20. The monoisotopic (exact) mass is 664 g/mol. The van der Waals surface area contributed by atoms with Gasteiger partial charge in [0.25, 0.3) is 0 Å². The van der Waals surface area contributed by atoms with E-state index in [4.69, 9.17) is 9.47 Å². The summed E-state index contributed by atoms with van der Waals surface area (Å²) in [6.07, 6.45) is -10.6. The van der Waals surface area contributed by atoms with Gasteiger partial charge in [-0.15, -0.1) is 0 Å². The SMILES string of the molecule is CC(C)(C)c1ccc(O[C@@H](Cc2ccc(OCCN[C@@H]3C4CN(Cc5ccc(C(F)(F)F)cc5C(F)(F)F)C[C@H]43)cc2)C(=O)O)cc1. The zero-order valence-electron chi connectivity index (χ0n) is 26.3. The molecule has 5 rings (SSSR count). The minimum atomic E-state index is -4.88. The first-order valence-corrected chi connectivity index (χ1v) is 15.4. The average molecular weight is 665 g/mol. The Bertz CT molecular complexity index is 1520. The molecular weight excluding hydrogens is 626 g/mol. The Hall–Kier alpha value is -3.77. The number of carboxylic acids is 1. The fraction of sp³-hybridized carbons (Fsp3) is 0.457. The molecule has 1 aliphatic heterocycles. The normalized spacial score (nSPS) is 20.5. The van der Waals surface area contributed by atoms with Crippen LogP contribution in [-0.2, 0) is 35.5 Å². The van der Waals surface area contributed by atoms with Gasteiger partial charge in [-0.1, -0.05) is 51.1 Å². The first kappa shape index (κ1) is 34.6. The van der Waals surface area contributed by atoms with Crippen molar-refractivity contribution in [3.05, 3.63) is 94.5 Å². The van der Waals surface area contributed by atoms with Gasteiger partial charge in [-0.25, -0.2) is 4.79 Å². The van der Waals surface area contributed by atoms with E-state index in [0.717, 1.165) is 17.2 Å². The molecule has 1 saturated carbocycles. The Morgan fingerprint density at radius 2 is 1.47 bits per heavy atom. The molecule has 1 aliphatic carbocycles. The summed E-state index contributed by atoms with van der Waals surface area (Å²) in [7, 11) is 0. The van der Waals surface area contributed by atoms with E-state index in [1.54, 1.807) is 36.4 Å². The van der Waals surface area contributed by atoms with Crippen LogP contribution in [0.1, 0.15) is 48.6 Å². The molecule has 3 aromatic carbocycles. The van der Waals surface area contributed by atoms with Crippen molar-refractivity contribution in [1.29, 1.82) is 0 Å². The van der Waals surface area contributed by atoms with Crippen LogP contribution < -0.4 is 14.8 Å². The molecule has 0 aromatic heterocycles. The lowest BCUT2D eigenvalue weighted by Gasteiger charge is -2.23. The van der Waals surface area contributed by atoms with Crippen LogP contribution in [0.2, 0.25) is 0 Å².